The largest absolute Gasteiger partial charge is 0.378 e. The average molecular weight is 352 g/mol. The summed E-state index contributed by atoms with van der Waals surface area (Å²) in [4.78, 5) is 0.242. The first-order valence-corrected chi connectivity index (χ1v) is 9.21. The molecule has 1 aliphatic heterocycles. The Morgan fingerprint density at radius 2 is 2.14 bits per heavy atom. The lowest BCUT2D eigenvalue weighted by Gasteiger charge is -2.34. The van der Waals surface area contributed by atoms with Gasteiger partial charge >= 0.3 is 0 Å². The summed E-state index contributed by atoms with van der Waals surface area (Å²) < 4.78 is 32.8. The van der Waals surface area contributed by atoms with Gasteiger partial charge in [-0.3, -0.25) is 0 Å². The average Bonchev–Trinajstić information content (AvgIpc) is 2.48. The van der Waals surface area contributed by atoms with Crippen LogP contribution in [0.15, 0.2) is 17.0 Å². The minimum absolute atomic E-state index is 0.137. The minimum atomic E-state index is -3.60. The van der Waals surface area contributed by atoms with Crippen molar-refractivity contribution in [2.24, 2.45) is 0 Å². The van der Waals surface area contributed by atoms with E-state index in [1.54, 1.807) is 13.0 Å². The fraction of sp³-hybridized carbons (Fsp3) is 0.571. The smallest absolute Gasteiger partial charge is 0.243 e. The van der Waals surface area contributed by atoms with Crippen LogP contribution >= 0.6 is 23.2 Å². The lowest BCUT2D eigenvalue weighted by atomic mass is 10.1. The van der Waals surface area contributed by atoms with Crippen molar-refractivity contribution >= 4 is 33.2 Å². The van der Waals surface area contributed by atoms with Crippen molar-refractivity contribution in [3.63, 3.8) is 0 Å². The second-order valence-electron chi connectivity index (χ2n) is 5.07. The third-order valence-corrected chi connectivity index (χ3v) is 6.39. The number of ether oxygens (including phenoxy) is 1. The van der Waals surface area contributed by atoms with Crippen LogP contribution < -0.4 is 0 Å². The fourth-order valence-electron chi connectivity index (χ4n) is 2.52. The molecule has 0 aromatic heterocycles. The molecule has 1 aliphatic rings. The van der Waals surface area contributed by atoms with Crippen LogP contribution in [0.25, 0.3) is 0 Å². The Hall–Kier alpha value is -0.330. The zero-order valence-corrected chi connectivity index (χ0v) is 14.4. The van der Waals surface area contributed by atoms with Crippen molar-refractivity contribution < 1.29 is 13.2 Å². The van der Waals surface area contributed by atoms with Crippen LogP contribution in [-0.4, -0.2) is 38.5 Å². The van der Waals surface area contributed by atoms with E-state index in [1.165, 1.54) is 10.4 Å². The second-order valence-corrected chi connectivity index (χ2v) is 7.64. The summed E-state index contributed by atoms with van der Waals surface area (Å²) >= 11 is 11.9. The normalized spacial score (nSPS) is 20.7. The quantitative estimate of drug-likeness (QED) is 0.782. The number of hydrogen-bond donors (Lipinski definition) is 0. The van der Waals surface area contributed by atoms with E-state index in [-0.39, 0.29) is 16.8 Å². The molecule has 7 heteroatoms. The molecule has 1 aromatic carbocycles. The first-order valence-electron chi connectivity index (χ1n) is 6.86. The Kier molecular flexibility index (Phi) is 5.54. The number of benzene rings is 1. The SMILES string of the molecule is CCC1COCCN1S(=O)(=O)c1cc(Cl)cc(CCl)c1C. The van der Waals surface area contributed by atoms with Gasteiger partial charge in [0.15, 0.2) is 0 Å². The highest BCUT2D eigenvalue weighted by atomic mass is 35.5. The first-order chi connectivity index (χ1) is 9.91. The second kappa shape index (κ2) is 6.84. The Labute approximate surface area is 136 Å². The predicted octanol–water partition coefficient (Wildman–Crippen LogP) is 3.19. The van der Waals surface area contributed by atoms with Crippen LogP contribution in [0.5, 0.6) is 0 Å². The molecule has 118 valence electrons. The van der Waals surface area contributed by atoms with E-state index in [0.29, 0.717) is 36.8 Å². The number of morpholine rings is 1. The summed E-state index contributed by atoms with van der Waals surface area (Å²) in [7, 11) is -3.60. The lowest BCUT2D eigenvalue weighted by molar-refractivity contribution is 0.0314. The van der Waals surface area contributed by atoms with Gasteiger partial charge in [0.25, 0.3) is 0 Å². The van der Waals surface area contributed by atoms with Gasteiger partial charge in [0.05, 0.1) is 18.1 Å². The summed E-state index contributed by atoms with van der Waals surface area (Å²) in [6.45, 7) is 4.93. The van der Waals surface area contributed by atoms with Gasteiger partial charge in [-0.2, -0.15) is 4.31 Å². The molecule has 0 amide bonds. The van der Waals surface area contributed by atoms with Crippen molar-refractivity contribution in [1.82, 2.24) is 4.31 Å². The zero-order valence-electron chi connectivity index (χ0n) is 12.1. The Bertz CT molecular complexity index is 619. The molecule has 0 aliphatic carbocycles. The Morgan fingerprint density at radius 3 is 2.76 bits per heavy atom. The van der Waals surface area contributed by atoms with Crippen molar-refractivity contribution in [2.45, 2.75) is 37.1 Å². The molecule has 0 bridgehead atoms. The summed E-state index contributed by atoms with van der Waals surface area (Å²) in [5.74, 6) is 0.231. The highest BCUT2D eigenvalue weighted by Crippen LogP contribution is 2.30. The van der Waals surface area contributed by atoms with E-state index < -0.39 is 10.0 Å². The van der Waals surface area contributed by atoms with Gasteiger partial charge in [0.2, 0.25) is 10.0 Å². The van der Waals surface area contributed by atoms with E-state index in [1.807, 2.05) is 6.92 Å². The van der Waals surface area contributed by atoms with Crippen molar-refractivity contribution in [1.29, 1.82) is 0 Å². The maximum Gasteiger partial charge on any atom is 0.243 e. The molecule has 2 rings (SSSR count). The van der Waals surface area contributed by atoms with Crippen molar-refractivity contribution in [3.8, 4) is 0 Å². The minimum Gasteiger partial charge on any atom is -0.378 e. The number of nitrogens with zero attached hydrogens (tertiary/aromatic N) is 1. The maximum atomic E-state index is 13.0. The van der Waals surface area contributed by atoms with E-state index in [0.717, 1.165) is 5.56 Å². The van der Waals surface area contributed by atoms with Gasteiger partial charge in [-0.25, -0.2) is 8.42 Å². The lowest BCUT2D eigenvalue weighted by Crippen LogP contribution is -2.48. The third-order valence-electron chi connectivity index (χ3n) is 3.81. The monoisotopic (exact) mass is 351 g/mol. The Morgan fingerprint density at radius 1 is 1.43 bits per heavy atom. The van der Waals surface area contributed by atoms with Crippen LogP contribution in [0.2, 0.25) is 5.02 Å². The number of sulfonamides is 1. The first kappa shape index (κ1) is 17.0. The van der Waals surface area contributed by atoms with E-state index in [4.69, 9.17) is 27.9 Å². The van der Waals surface area contributed by atoms with Gasteiger partial charge in [-0.05, 0) is 36.6 Å². The molecule has 1 atom stereocenters. The predicted molar refractivity (Wildman–Crippen MR) is 84.5 cm³/mol. The van der Waals surface area contributed by atoms with E-state index in [2.05, 4.69) is 0 Å². The topological polar surface area (TPSA) is 46.6 Å². The molecule has 1 fully saturated rings. The maximum absolute atomic E-state index is 13.0. The molecule has 0 spiro atoms. The number of halogens is 2. The van der Waals surface area contributed by atoms with Gasteiger partial charge in [0.1, 0.15) is 0 Å². The van der Waals surface area contributed by atoms with Crippen LogP contribution in [0.3, 0.4) is 0 Å². The van der Waals surface area contributed by atoms with Crippen LogP contribution in [0.1, 0.15) is 24.5 Å². The zero-order chi connectivity index (χ0) is 15.6. The molecular formula is C14H19Cl2NO3S. The van der Waals surface area contributed by atoms with Gasteiger partial charge in [-0.1, -0.05) is 18.5 Å². The number of rotatable bonds is 4. The van der Waals surface area contributed by atoms with Crippen LogP contribution in [-0.2, 0) is 20.6 Å². The molecule has 21 heavy (non-hydrogen) atoms. The molecule has 4 nitrogen and oxygen atoms in total. The highest BCUT2D eigenvalue weighted by molar-refractivity contribution is 7.89. The summed E-state index contributed by atoms with van der Waals surface area (Å²) in [5, 5.41) is 0.385. The molecule has 0 saturated carbocycles. The van der Waals surface area contributed by atoms with Crippen LogP contribution in [0, 0.1) is 6.92 Å². The van der Waals surface area contributed by atoms with E-state index >= 15 is 0 Å². The summed E-state index contributed by atoms with van der Waals surface area (Å²) in [6, 6.07) is 3.07. The highest BCUT2D eigenvalue weighted by Gasteiger charge is 2.34. The molecule has 1 unspecified atom stereocenters. The molecule has 1 saturated heterocycles. The number of alkyl halides is 1. The summed E-state index contributed by atoms with van der Waals surface area (Å²) in [6.07, 6.45) is 0.710. The van der Waals surface area contributed by atoms with Crippen molar-refractivity contribution in [3.05, 3.63) is 28.3 Å². The van der Waals surface area contributed by atoms with Gasteiger partial charge < -0.3 is 4.74 Å². The third kappa shape index (κ3) is 3.37. The molecule has 1 heterocycles. The molecular weight excluding hydrogens is 333 g/mol. The molecule has 0 N–H and O–H groups in total. The fourth-order valence-corrected chi connectivity index (χ4v) is 5.07. The van der Waals surface area contributed by atoms with Crippen LogP contribution in [0.4, 0.5) is 0 Å². The standard InChI is InChI=1S/C14H19Cl2NO3S/c1-3-13-9-20-5-4-17(13)21(18,19)14-7-12(16)6-11(8-15)10(14)2/h6-7,13H,3-5,8-9H2,1-2H3. The van der Waals surface area contributed by atoms with Crippen molar-refractivity contribution in [2.75, 3.05) is 19.8 Å². The molecule has 1 aromatic rings. The van der Waals surface area contributed by atoms with Gasteiger partial charge in [0, 0.05) is 23.5 Å². The Balaban J connectivity index is 2.50. The summed E-state index contributed by atoms with van der Waals surface area (Å²) in [5.41, 5.74) is 1.40. The van der Waals surface area contributed by atoms with E-state index in [9.17, 15) is 8.42 Å². The molecule has 0 radical (unpaired) electrons. The number of hydrogen-bond acceptors (Lipinski definition) is 3. The van der Waals surface area contributed by atoms with Gasteiger partial charge in [-0.15, -0.1) is 11.6 Å².